The summed E-state index contributed by atoms with van der Waals surface area (Å²) in [6.07, 6.45) is 0. The summed E-state index contributed by atoms with van der Waals surface area (Å²) in [7, 11) is 0. The molecule has 10 rings (SSSR count). The molecule has 2 heteroatoms. The molecule has 0 radical (unpaired) electrons. The van der Waals surface area contributed by atoms with E-state index in [0.717, 1.165) is 65.9 Å². The number of aromatic nitrogens is 2. The van der Waals surface area contributed by atoms with Gasteiger partial charge in [-0.05, 0) is 81.9 Å². The van der Waals surface area contributed by atoms with E-state index in [9.17, 15) is 0 Å². The van der Waals surface area contributed by atoms with E-state index in [-0.39, 0.29) is 0 Å². The van der Waals surface area contributed by atoms with E-state index < -0.39 is 0 Å². The summed E-state index contributed by atoms with van der Waals surface area (Å²) in [6, 6.07) is 61.5. The van der Waals surface area contributed by atoms with Crippen LogP contribution in [0.2, 0.25) is 0 Å². The molecular weight excluding hydrogens is 629 g/mol. The van der Waals surface area contributed by atoms with E-state index in [2.05, 4.69) is 184 Å². The number of hydrogen-bond acceptors (Lipinski definition) is 2. The first-order valence-electron chi connectivity index (χ1n) is 17.9. The lowest BCUT2D eigenvalue weighted by Crippen LogP contribution is -1.92. The predicted octanol–water partition coefficient (Wildman–Crippen LogP) is 13.5. The molecule has 10 aromatic rings. The van der Waals surface area contributed by atoms with Crippen molar-refractivity contribution in [3.63, 3.8) is 0 Å². The molecule has 0 unspecified atom stereocenters. The minimum atomic E-state index is 0.963. The molecule has 244 valence electrons. The molecule has 0 saturated carbocycles. The van der Waals surface area contributed by atoms with Gasteiger partial charge < -0.3 is 0 Å². The van der Waals surface area contributed by atoms with Crippen LogP contribution < -0.4 is 0 Å². The van der Waals surface area contributed by atoms with Crippen molar-refractivity contribution in [3.8, 4) is 44.8 Å². The van der Waals surface area contributed by atoms with Crippen LogP contribution in [0.4, 0.5) is 0 Å². The molecule has 0 bridgehead atoms. The van der Waals surface area contributed by atoms with Crippen LogP contribution in [0.1, 0.15) is 11.1 Å². The summed E-state index contributed by atoms with van der Waals surface area (Å²) in [5.74, 6) is 0. The molecule has 0 aliphatic rings. The van der Waals surface area contributed by atoms with Gasteiger partial charge in [0.05, 0.1) is 22.4 Å². The van der Waals surface area contributed by atoms with E-state index in [1.165, 1.54) is 44.2 Å². The Balaban J connectivity index is 1.11. The molecule has 2 nitrogen and oxygen atoms in total. The SMILES string of the molecule is Cc1ccc(-c2ccc3ccc4ccc(-c5ccc(-c6ccc7ccc8ccc(-c9ccc(C)cc9)cc8c7n6)c6ccccc56)nc4c3c2)cc1. The highest BCUT2D eigenvalue weighted by Crippen LogP contribution is 2.38. The van der Waals surface area contributed by atoms with Crippen LogP contribution in [0.5, 0.6) is 0 Å². The quantitative estimate of drug-likeness (QED) is 0.175. The number of rotatable bonds is 4. The Labute approximate surface area is 302 Å². The fourth-order valence-electron chi connectivity index (χ4n) is 7.71. The van der Waals surface area contributed by atoms with E-state index in [0.29, 0.717) is 0 Å². The first kappa shape index (κ1) is 30.2. The smallest absolute Gasteiger partial charge is 0.0788 e. The standard InChI is InChI=1S/C50H34N2/c1-31-7-11-33(12-8-31)39-21-17-35-15-19-37-23-27-47(51-49(37)45(35)29-39)43-25-26-44(42-6-4-3-5-41(42)43)48-28-24-38-20-16-36-18-22-40(30-46(36)50(38)52-48)34-13-9-32(2)10-14-34/h3-30H,1-2H3. The largest absolute Gasteiger partial charge is 0.247 e. The monoisotopic (exact) mass is 662 g/mol. The second-order valence-corrected chi connectivity index (χ2v) is 14.0. The minimum absolute atomic E-state index is 0.963. The average molecular weight is 663 g/mol. The molecule has 0 aliphatic heterocycles. The van der Waals surface area contributed by atoms with Gasteiger partial charge in [-0.2, -0.15) is 0 Å². The van der Waals surface area contributed by atoms with E-state index >= 15 is 0 Å². The Hall–Kier alpha value is -6.64. The number of fused-ring (bicyclic) bond motifs is 7. The average Bonchev–Trinajstić information content (AvgIpc) is 3.20. The third kappa shape index (κ3) is 5.11. The van der Waals surface area contributed by atoms with E-state index in [1.807, 2.05) is 0 Å². The molecule has 0 N–H and O–H groups in total. The van der Waals surface area contributed by atoms with Crippen LogP contribution in [0.25, 0.3) is 98.9 Å². The highest BCUT2D eigenvalue weighted by Gasteiger charge is 2.14. The molecule has 2 aromatic heterocycles. The minimum Gasteiger partial charge on any atom is -0.247 e. The van der Waals surface area contributed by atoms with Gasteiger partial charge in [-0.3, -0.25) is 0 Å². The Bertz CT molecular complexity index is 2800. The topological polar surface area (TPSA) is 25.8 Å². The van der Waals surface area contributed by atoms with Gasteiger partial charge >= 0.3 is 0 Å². The molecular formula is C50H34N2. The van der Waals surface area contributed by atoms with Crippen LogP contribution in [-0.2, 0) is 0 Å². The maximum absolute atomic E-state index is 5.37. The normalized spacial score (nSPS) is 11.7. The zero-order chi connectivity index (χ0) is 34.8. The zero-order valence-electron chi connectivity index (χ0n) is 29.1. The third-order valence-electron chi connectivity index (χ3n) is 10.6. The molecule has 0 amide bonds. The number of aryl methyl sites for hydroxylation is 2. The van der Waals surface area contributed by atoms with E-state index in [1.54, 1.807) is 0 Å². The molecule has 0 fully saturated rings. The first-order chi connectivity index (χ1) is 25.6. The Morgan fingerprint density at radius 3 is 1.12 bits per heavy atom. The number of pyridine rings is 2. The van der Waals surface area contributed by atoms with Crippen molar-refractivity contribution in [1.82, 2.24) is 9.97 Å². The lowest BCUT2D eigenvalue weighted by atomic mass is 9.94. The Morgan fingerprint density at radius 1 is 0.308 bits per heavy atom. The van der Waals surface area contributed by atoms with Crippen LogP contribution in [-0.4, -0.2) is 9.97 Å². The van der Waals surface area contributed by atoms with Gasteiger partial charge in [0.2, 0.25) is 0 Å². The number of benzene rings is 8. The summed E-state index contributed by atoms with van der Waals surface area (Å²) in [5.41, 5.74) is 13.5. The van der Waals surface area contributed by atoms with Crippen molar-refractivity contribution in [1.29, 1.82) is 0 Å². The second-order valence-electron chi connectivity index (χ2n) is 14.0. The van der Waals surface area contributed by atoms with Crippen LogP contribution in [0.15, 0.2) is 170 Å². The van der Waals surface area contributed by atoms with E-state index in [4.69, 9.17) is 9.97 Å². The second kappa shape index (κ2) is 12.0. The molecule has 8 aromatic carbocycles. The summed E-state index contributed by atoms with van der Waals surface area (Å²) < 4.78 is 0. The lowest BCUT2D eigenvalue weighted by molar-refractivity contribution is 1.41. The van der Waals surface area contributed by atoms with Gasteiger partial charge in [0, 0.05) is 32.7 Å². The highest BCUT2D eigenvalue weighted by molar-refractivity contribution is 6.10. The summed E-state index contributed by atoms with van der Waals surface area (Å²) >= 11 is 0. The zero-order valence-corrected chi connectivity index (χ0v) is 29.1. The van der Waals surface area contributed by atoms with Crippen LogP contribution in [0.3, 0.4) is 0 Å². The summed E-state index contributed by atoms with van der Waals surface area (Å²) in [5, 5.41) is 9.30. The van der Waals surface area contributed by atoms with Crippen molar-refractivity contribution in [2.75, 3.05) is 0 Å². The molecule has 0 saturated heterocycles. The molecule has 0 aliphatic carbocycles. The van der Waals surface area contributed by atoms with Gasteiger partial charge in [0.25, 0.3) is 0 Å². The third-order valence-corrected chi connectivity index (χ3v) is 10.6. The molecule has 2 heterocycles. The van der Waals surface area contributed by atoms with Gasteiger partial charge in [0.15, 0.2) is 0 Å². The summed E-state index contributed by atoms with van der Waals surface area (Å²) in [6.45, 7) is 4.25. The molecule has 52 heavy (non-hydrogen) atoms. The van der Waals surface area contributed by atoms with Crippen molar-refractivity contribution in [2.24, 2.45) is 0 Å². The van der Waals surface area contributed by atoms with Gasteiger partial charge in [-0.25, -0.2) is 9.97 Å². The fourth-order valence-corrected chi connectivity index (χ4v) is 7.71. The molecule has 0 spiro atoms. The maximum atomic E-state index is 5.37. The first-order valence-corrected chi connectivity index (χ1v) is 17.9. The highest BCUT2D eigenvalue weighted by atomic mass is 14.7. The number of nitrogens with zero attached hydrogens (tertiary/aromatic N) is 2. The van der Waals surface area contributed by atoms with Gasteiger partial charge in [-0.15, -0.1) is 0 Å². The van der Waals surface area contributed by atoms with Gasteiger partial charge in [0.1, 0.15) is 0 Å². The fraction of sp³-hybridized carbons (Fsp3) is 0.0400. The Kier molecular flexibility index (Phi) is 6.97. The number of hydrogen-bond donors (Lipinski definition) is 0. The van der Waals surface area contributed by atoms with Crippen molar-refractivity contribution >= 4 is 54.1 Å². The van der Waals surface area contributed by atoms with Crippen molar-refractivity contribution in [2.45, 2.75) is 13.8 Å². The van der Waals surface area contributed by atoms with Crippen molar-refractivity contribution < 1.29 is 0 Å². The lowest BCUT2D eigenvalue weighted by Gasteiger charge is -2.14. The summed E-state index contributed by atoms with van der Waals surface area (Å²) in [4.78, 5) is 10.7. The Morgan fingerprint density at radius 2 is 0.673 bits per heavy atom. The van der Waals surface area contributed by atoms with Gasteiger partial charge in [-0.1, -0.05) is 157 Å². The van der Waals surface area contributed by atoms with Crippen molar-refractivity contribution in [3.05, 3.63) is 181 Å². The van der Waals surface area contributed by atoms with Crippen LogP contribution in [0, 0.1) is 13.8 Å². The molecule has 0 atom stereocenters. The van der Waals surface area contributed by atoms with Crippen LogP contribution >= 0.6 is 0 Å². The maximum Gasteiger partial charge on any atom is 0.0788 e. The predicted molar refractivity (Wildman–Crippen MR) is 221 cm³/mol.